The van der Waals surface area contributed by atoms with Crippen molar-refractivity contribution in [2.24, 2.45) is 0 Å². The Morgan fingerprint density at radius 2 is 0.971 bits per heavy atom. The van der Waals surface area contributed by atoms with E-state index in [9.17, 15) is 0 Å². The van der Waals surface area contributed by atoms with Crippen molar-refractivity contribution in [3.05, 3.63) is 276 Å². The van der Waals surface area contributed by atoms with Gasteiger partial charge in [0.2, 0.25) is 0 Å². The number of fused-ring (bicyclic) bond motifs is 11. The summed E-state index contributed by atoms with van der Waals surface area (Å²) in [7, 11) is 0. The minimum Gasteiger partial charge on any atom is -0.310 e. The van der Waals surface area contributed by atoms with Gasteiger partial charge < -0.3 is 9.47 Å². The molecule has 1 aliphatic rings. The summed E-state index contributed by atoms with van der Waals surface area (Å²) in [4.78, 5) is 2.50. The highest BCUT2D eigenvalue weighted by Crippen LogP contribution is 2.60. The van der Waals surface area contributed by atoms with Crippen LogP contribution in [0, 0.1) is 13.8 Å². The number of hydrogen-bond donors (Lipinski definition) is 0. The molecule has 0 saturated carbocycles. The van der Waals surface area contributed by atoms with Gasteiger partial charge in [0, 0.05) is 53.4 Å². The lowest BCUT2D eigenvalue weighted by Gasteiger charge is -2.36. The zero-order valence-corrected chi connectivity index (χ0v) is 39.7. The smallest absolute Gasteiger partial charge is 0.0714 e. The topological polar surface area (TPSA) is 8.17 Å². The van der Waals surface area contributed by atoms with Crippen LogP contribution < -0.4 is 4.90 Å². The van der Waals surface area contributed by atoms with Gasteiger partial charge in [0.25, 0.3) is 0 Å². The zero-order valence-electron chi connectivity index (χ0n) is 38.9. The average molecular weight is 911 g/mol. The molecule has 0 unspecified atom stereocenters. The molecule has 13 aromatic rings. The Labute approximate surface area is 411 Å². The van der Waals surface area contributed by atoms with E-state index in [1.165, 1.54) is 108 Å². The van der Waals surface area contributed by atoms with Crippen molar-refractivity contribution in [1.29, 1.82) is 0 Å². The maximum absolute atomic E-state index is 2.55. The van der Waals surface area contributed by atoms with Gasteiger partial charge in [-0.05, 0) is 137 Å². The second-order valence-electron chi connectivity index (χ2n) is 19.0. The number of rotatable bonds is 7. The Morgan fingerprint density at radius 3 is 1.71 bits per heavy atom. The molecule has 2 aromatic heterocycles. The van der Waals surface area contributed by atoms with E-state index in [1.807, 2.05) is 11.3 Å². The van der Waals surface area contributed by atoms with Crippen LogP contribution in [-0.2, 0) is 5.41 Å². The van der Waals surface area contributed by atoms with Gasteiger partial charge in [0.1, 0.15) is 0 Å². The zero-order chi connectivity index (χ0) is 46.5. The molecule has 2 heterocycles. The van der Waals surface area contributed by atoms with E-state index in [4.69, 9.17) is 0 Å². The van der Waals surface area contributed by atoms with E-state index < -0.39 is 5.41 Å². The predicted molar refractivity (Wildman–Crippen MR) is 298 cm³/mol. The highest BCUT2D eigenvalue weighted by molar-refractivity contribution is 7.25. The van der Waals surface area contributed by atoms with E-state index in [1.54, 1.807) is 0 Å². The Bertz CT molecular complexity index is 4140. The minimum atomic E-state index is -0.661. The van der Waals surface area contributed by atoms with Gasteiger partial charge in [-0.25, -0.2) is 0 Å². The van der Waals surface area contributed by atoms with Crippen LogP contribution in [0.15, 0.2) is 243 Å². The van der Waals surface area contributed by atoms with Crippen LogP contribution in [-0.4, -0.2) is 4.57 Å². The number of para-hydroxylation sites is 3. The molecule has 0 amide bonds. The van der Waals surface area contributed by atoms with Gasteiger partial charge in [-0.3, -0.25) is 0 Å². The van der Waals surface area contributed by atoms with Gasteiger partial charge >= 0.3 is 0 Å². The van der Waals surface area contributed by atoms with Gasteiger partial charge in [-0.15, -0.1) is 11.3 Å². The third-order valence-electron chi connectivity index (χ3n) is 15.0. The molecule has 0 bridgehead atoms. The van der Waals surface area contributed by atoms with Crippen molar-refractivity contribution in [3.8, 4) is 27.9 Å². The molecule has 0 aliphatic heterocycles. The second kappa shape index (κ2) is 15.8. The first-order chi connectivity index (χ1) is 34.5. The highest BCUT2D eigenvalue weighted by atomic mass is 32.1. The largest absolute Gasteiger partial charge is 0.310 e. The van der Waals surface area contributed by atoms with Gasteiger partial charge in [-0.2, -0.15) is 0 Å². The lowest BCUT2D eigenvalue weighted by Crippen LogP contribution is -2.29. The lowest BCUT2D eigenvalue weighted by atomic mass is 9.67. The van der Waals surface area contributed by atoms with Crippen molar-refractivity contribution < 1.29 is 0 Å². The molecule has 0 N–H and O–H groups in total. The number of nitrogens with zero attached hydrogens (tertiary/aromatic N) is 2. The summed E-state index contributed by atoms with van der Waals surface area (Å²) in [6.45, 7) is 4.39. The maximum Gasteiger partial charge on any atom is 0.0714 e. The number of aryl methyl sites for hydroxylation is 2. The van der Waals surface area contributed by atoms with E-state index in [2.05, 4.69) is 266 Å². The van der Waals surface area contributed by atoms with Crippen LogP contribution in [0.2, 0.25) is 0 Å². The molecule has 3 heteroatoms. The fourth-order valence-corrected chi connectivity index (χ4v) is 12.9. The first-order valence-electron chi connectivity index (χ1n) is 24.2. The molecule has 2 nitrogen and oxygen atoms in total. The number of anilines is 3. The van der Waals surface area contributed by atoms with E-state index >= 15 is 0 Å². The Hall–Kier alpha value is -8.50. The number of thiophene rings is 1. The van der Waals surface area contributed by atoms with Crippen molar-refractivity contribution in [2.75, 3.05) is 4.90 Å². The Kier molecular flexibility index (Phi) is 9.14. The summed E-state index contributed by atoms with van der Waals surface area (Å²) in [5.74, 6) is 0. The molecule has 0 radical (unpaired) electrons. The third kappa shape index (κ3) is 6.05. The molecule has 14 rings (SSSR count). The first-order valence-corrected chi connectivity index (χ1v) is 25.1. The summed E-state index contributed by atoms with van der Waals surface area (Å²) < 4.78 is 5.06. The Morgan fingerprint density at radius 1 is 0.386 bits per heavy atom. The summed E-state index contributed by atoms with van der Waals surface area (Å²) in [5, 5.41) is 7.52. The number of hydrogen-bond acceptors (Lipinski definition) is 2. The summed E-state index contributed by atoms with van der Waals surface area (Å²) in [6.07, 6.45) is 0. The summed E-state index contributed by atoms with van der Waals surface area (Å²) in [5.41, 5.74) is 18.7. The monoisotopic (exact) mass is 910 g/mol. The summed E-state index contributed by atoms with van der Waals surface area (Å²) in [6, 6.07) is 91.0. The molecule has 330 valence electrons. The van der Waals surface area contributed by atoms with Crippen molar-refractivity contribution >= 4 is 81.1 Å². The van der Waals surface area contributed by atoms with Crippen LogP contribution in [0.1, 0.15) is 33.4 Å². The third-order valence-corrected chi connectivity index (χ3v) is 16.1. The molecule has 70 heavy (non-hydrogen) atoms. The van der Waals surface area contributed by atoms with Crippen LogP contribution >= 0.6 is 11.3 Å². The van der Waals surface area contributed by atoms with Gasteiger partial charge in [-0.1, -0.05) is 181 Å². The fraction of sp³-hybridized carbons (Fsp3) is 0.0448. The number of aromatic nitrogens is 1. The Balaban J connectivity index is 1.08. The summed E-state index contributed by atoms with van der Waals surface area (Å²) >= 11 is 1.87. The number of benzene rings is 11. The average Bonchev–Trinajstić information content (AvgIpc) is 4.05. The van der Waals surface area contributed by atoms with Crippen molar-refractivity contribution in [2.45, 2.75) is 19.3 Å². The lowest BCUT2D eigenvalue weighted by molar-refractivity contribution is 0.768. The standard InChI is InChI=1S/C67H46N2S/c1-43-25-31-47(32-26-43)67(48-33-27-44(2)28-34-48)59-40-46(45-30-38-65-58(39-45)55-21-12-14-24-64(55)70-65)29-36-57(59)66-56-22-10-9-20-53(56)63(42-60(66)67)68(49-15-5-3-6-16-49)51-35-37-54-52-19-11-13-23-61(52)69(62(54)41-51)50-17-7-4-8-18-50/h3-42H,1-2H3. The molecule has 0 saturated heterocycles. The molecule has 11 aromatic carbocycles. The molecule has 0 spiro atoms. The van der Waals surface area contributed by atoms with Crippen LogP contribution in [0.4, 0.5) is 17.1 Å². The molecule has 1 aliphatic carbocycles. The first kappa shape index (κ1) is 40.6. The van der Waals surface area contributed by atoms with Crippen LogP contribution in [0.25, 0.3) is 80.7 Å². The SMILES string of the molecule is Cc1ccc(C2(c3ccc(C)cc3)c3cc(-c4ccc5sc6ccccc6c5c4)ccc3-c3c2cc(N(c2ccccc2)c2ccc4c5ccccc5n(-c5ccccc5)c4c2)c2ccccc32)cc1. The van der Waals surface area contributed by atoms with E-state index in [0.717, 1.165) is 22.7 Å². The second-order valence-corrected chi connectivity index (χ2v) is 20.1. The quantitative estimate of drug-likeness (QED) is 0.155. The van der Waals surface area contributed by atoms with Crippen LogP contribution in [0.5, 0.6) is 0 Å². The minimum absolute atomic E-state index is 0.661. The van der Waals surface area contributed by atoms with Crippen molar-refractivity contribution in [3.63, 3.8) is 0 Å². The fourth-order valence-electron chi connectivity index (χ4n) is 11.8. The normalized spacial score (nSPS) is 12.8. The maximum atomic E-state index is 2.55. The van der Waals surface area contributed by atoms with E-state index in [0.29, 0.717) is 0 Å². The van der Waals surface area contributed by atoms with Crippen LogP contribution in [0.3, 0.4) is 0 Å². The predicted octanol–water partition coefficient (Wildman–Crippen LogP) is 18.4. The highest BCUT2D eigenvalue weighted by Gasteiger charge is 2.48. The molecular weight excluding hydrogens is 865 g/mol. The van der Waals surface area contributed by atoms with Gasteiger partial charge in [0.15, 0.2) is 0 Å². The molecule has 0 atom stereocenters. The molecular formula is C67H46N2S. The molecule has 0 fully saturated rings. The van der Waals surface area contributed by atoms with E-state index in [-0.39, 0.29) is 0 Å². The van der Waals surface area contributed by atoms with Gasteiger partial charge in [0.05, 0.1) is 22.1 Å². The van der Waals surface area contributed by atoms with Crippen molar-refractivity contribution in [1.82, 2.24) is 4.57 Å².